The van der Waals surface area contributed by atoms with Gasteiger partial charge in [0, 0.05) is 33.6 Å². The second-order valence-corrected chi connectivity index (χ2v) is 12.8. The van der Waals surface area contributed by atoms with Gasteiger partial charge in [-0.05, 0) is 76.5 Å². The summed E-state index contributed by atoms with van der Waals surface area (Å²) >= 11 is 1.65. The van der Waals surface area contributed by atoms with Crippen LogP contribution < -0.4 is 0 Å². The Morgan fingerprint density at radius 2 is 1.44 bits per heavy atom. The van der Waals surface area contributed by atoms with Crippen LogP contribution in [0.4, 0.5) is 5.69 Å². The van der Waals surface area contributed by atoms with Crippen LogP contribution in [0.1, 0.15) is 10.4 Å². The Labute approximate surface area is 282 Å². The summed E-state index contributed by atoms with van der Waals surface area (Å²) in [5, 5.41) is 8.18. The molecule has 0 N–H and O–H groups in total. The standard InChI is InChI=1S/C43H30N4S/c1-44-38-24-26-48-43(38)41(31-14-9-13-30(27-31)34-19-10-12-29-11-5-6-17-33(29)34)45-28-47-39-20-8-7-18-35(39)36-21-22-40-37(42(36)47)23-25-46(40)32-15-3-2-4-16-32/h2-27H,1,28H2/b45-41-. The Hall–Kier alpha value is -6.04. The number of aliphatic imine (C=N–C) groups is 2. The van der Waals surface area contributed by atoms with Gasteiger partial charge in [-0.1, -0.05) is 103 Å². The van der Waals surface area contributed by atoms with E-state index >= 15 is 0 Å². The van der Waals surface area contributed by atoms with E-state index in [-0.39, 0.29) is 0 Å². The molecule has 48 heavy (non-hydrogen) atoms. The third-order valence-corrected chi connectivity index (χ3v) is 10.2. The summed E-state index contributed by atoms with van der Waals surface area (Å²) in [4.78, 5) is 10.9. The van der Waals surface area contributed by atoms with Crippen molar-refractivity contribution >= 4 is 72.9 Å². The van der Waals surface area contributed by atoms with Crippen molar-refractivity contribution in [3.05, 3.63) is 168 Å². The van der Waals surface area contributed by atoms with Gasteiger partial charge in [-0.3, -0.25) is 9.98 Å². The Balaban J connectivity index is 1.24. The van der Waals surface area contributed by atoms with Gasteiger partial charge in [0.25, 0.3) is 0 Å². The first-order valence-electron chi connectivity index (χ1n) is 16.0. The molecule has 0 aliphatic carbocycles. The molecule has 0 amide bonds. The molecule has 9 aromatic rings. The molecular formula is C43H30N4S. The average Bonchev–Trinajstić information content (AvgIpc) is 3.88. The van der Waals surface area contributed by atoms with Crippen LogP contribution in [-0.4, -0.2) is 21.6 Å². The predicted molar refractivity (Wildman–Crippen MR) is 205 cm³/mol. The number of thiophene rings is 1. The molecular weight excluding hydrogens is 605 g/mol. The molecule has 0 unspecified atom stereocenters. The van der Waals surface area contributed by atoms with Gasteiger partial charge in [0.05, 0.1) is 32.8 Å². The molecule has 5 heteroatoms. The SMILES string of the molecule is C=Nc1ccsc1/C(=N\Cn1c2ccccc2c2ccc3c(ccn3-c3ccccc3)c21)c1cccc(-c2cccc3ccccc23)c1. The Morgan fingerprint density at radius 3 is 2.33 bits per heavy atom. The molecule has 0 saturated heterocycles. The van der Waals surface area contributed by atoms with E-state index in [4.69, 9.17) is 4.99 Å². The molecule has 0 aliphatic heterocycles. The maximum absolute atomic E-state index is 5.45. The number of benzene rings is 6. The maximum atomic E-state index is 5.45. The fraction of sp³-hybridized carbons (Fsp3) is 0.0233. The number of fused-ring (bicyclic) bond motifs is 6. The number of para-hydroxylation sites is 2. The zero-order chi connectivity index (χ0) is 32.0. The number of aromatic nitrogens is 2. The highest BCUT2D eigenvalue weighted by Gasteiger charge is 2.18. The van der Waals surface area contributed by atoms with E-state index in [0.29, 0.717) is 6.67 Å². The lowest BCUT2D eigenvalue weighted by Crippen LogP contribution is -2.06. The van der Waals surface area contributed by atoms with Gasteiger partial charge >= 0.3 is 0 Å². The van der Waals surface area contributed by atoms with E-state index in [1.807, 2.05) is 6.07 Å². The Bertz CT molecular complexity index is 2670. The van der Waals surface area contributed by atoms with Gasteiger partial charge in [-0.2, -0.15) is 0 Å². The molecule has 9 rings (SSSR count). The van der Waals surface area contributed by atoms with Crippen LogP contribution in [0, 0.1) is 0 Å². The largest absolute Gasteiger partial charge is 0.320 e. The lowest BCUT2D eigenvalue weighted by Gasteiger charge is -2.12. The van der Waals surface area contributed by atoms with Gasteiger partial charge in [0.15, 0.2) is 0 Å². The molecule has 0 aliphatic rings. The van der Waals surface area contributed by atoms with Crippen molar-refractivity contribution in [1.29, 1.82) is 0 Å². The highest BCUT2D eigenvalue weighted by Crippen LogP contribution is 2.37. The number of hydrogen-bond acceptors (Lipinski definition) is 3. The molecule has 6 aromatic carbocycles. The third-order valence-electron chi connectivity index (χ3n) is 9.27. The highest BCUT2D eigenvalue weighted by molar-refractivity contribution is 7.13. The minimum Gasteiger partial charge on any atom is -0.320 e. The molecule has 4 nitrogen and oxygen atoms in total. The van der Waals surface area contributed by atoms with E-state index in [2.05, 4.69) is 172 Å². The van der Waals surface area contributed by atoms with Crippen LogP contribution in [0.5, 0.6) is 0 Å². The molecule has 3 heterocycles. The summed E-state index contributed by atoms with van der Waals surface area (Å²) in [5.41, 5.74) is 9.82. The summed E-state index contributed by atoms with van der Waals surface area (Å²) in [6.45, 7) is 4.33. The lowest BCUT2D eigenvalue weighted by molar-refractivity contribution is 0.795. The summed E-state index contributed by atoms with van der Waals surface area (Å²) < 4.78 is 4.63. The summed E-state index contributed by atoms with van der Waals surface area (Å²) in [7, 11) is 0. The number of nitrogens with zero attached hydrogens (tertiary/aromatic N) is 4. The van der Waals surface area contributed by atoms with Crippen LogP contribution >= 0.6 is 11.3 Å². The van der Waals surface area contributed by atoms with Crippen molar-refractivity contribution in [2.75, 3.05) is 0 Å². The third kappa shape index (κ3) is 4.59. The van der Waals surface area contributed by atoms with Crippen molar-refractivity contribution in [3.63, 3.8) is 0 Å². The normalized spacial score (nSPS) is 12.0. The quantitative estimate of drug-likeness (QED) is 0.156. The fourth-order valence-corrected chi connectivity index (χ4v) is 7.96. The molecule has 0 fully saturated rings. The number of rotatable bonds is 7. The van der Waals surface area contributed by atoms with Crippen LogP contribution in [-0.2, 0) is 6.67 Å². The van der Waals surface area contributed by atoms with Gasteiger partial charge in [-0.25, -0.2) is 0 Å². The van der Waals surface area contributed by atoms with Crippen LogP contribution in [0.2, 0.25) is 0 Å². The van der Waals surface area contributed by atoms with E-state index in [0.717, 1.165) is 38.6 Å². The van der Waals surface area contributed by atoms with Crippen LogP contribution in [0.3, 0.4) is 0 Å². The molecule has 0 atom stereocenters. The van der Waals surface area contributed by atoms with E-state index in [9.17, 15) is 0 Å². The minimum atomic E-state index is 0.446. The van der Waals surface area contributed by atoms with Crippen LogP contribution in [0.25, 0.3) is 60.3 Å². The minimum absolute atomic E-state index is 0.446. The second kappa shape index (κ2) is 11.6. The molecule has 0 saturated carbocycles. The molecule has 228 valence electrons. The first kappa shape index (κ1) is 28.2. The molecule has 3 aromatic heterocycles. The van der Waals surface area contributed by atoms with Gasteiger partial charge < -0.3 is 9.13 Å². The smallest absolute Gasteiger partial charge is 0.115 e. The first-order chi connectivity index (χ1) is 23.8. The van der Waals surface area contributed by atoms with Crippen LogP contribution in [0.15, 0.2) is 167 Å². The zero-order valence-electron chi connectivity index (χ0n) is 26.1. The lowest BCUT2D eigenvalue weighted by atomic mass is 9.95. The Morgan fingerprint density at radius 1 is 0.646 bits per heavy atom. The summed E-state index contributed by atoms with van der Waals surface area (Å²) in [6, 6.07) is 51.7. The Kier molecular flexibility index (Phi) is 6.84. The van der Waals surface area contributed by atoms with Gasteiger partial charge in [0.1, 0.15) is 6.67 Å². The number of hydrogen-bond donors (Lipinski definition) is 0. The maximum Gasteiger partial charge on any atom is 0.115 e. The van der Waals surface area contributed by atoms with E-state index in [1.165, 1.54) is 43.5 Å². The van der Waals surface area contributed by atoms with Gasteiger partial charge in [-0.15, -0.1) is 11.3 Å². The van der Waals surface area contributed by atoms with Gasteiger partial charge in [0.2, 0.25) is 0 Å². The van der Waals surface area contributed by atoms with Crippen molar-refractivity contribution in [2.24, 2.45) is 9.98 Å². The van der Waals surface area contributed by atoms with E-state index < -0.39 is 0 Å². The highest BCUT2D eigenvalue weighted by atomic mass is 32.1. The fourth-order valence-electron chi connectivity index (χ4n) is 7.08. The summed E-state index contributed by atoms with van der Waals surface area (Å²) in [6.07, 6.45) is 2.17. The first-order valence-corrected chi connectivity index (χ1v) is 16.9. The second-order valence-electron chi connectivity index (χ2n) is 11.9. The average molecular weight is 635 g/mol. The van der Waals surface area contributed by atoms with Crippen molar-refractivity contribution in [3.8, 4) is 16.8 Å². The predicted octanol–water partition coefficient (Wildman–Crippen LogP) is 11.4. The van der Waals surface area contributed by atoms with Crippen molar-refractivity contribution < 1.29 is 0 Å². The van der Waals surface area contributed by atoms with Crippen molar-refractivity contribution in [1.82, 2.24) is 9.13 Å². The molecule has 0 radical (unpaired) electrons. The molecule has 0 bridgehead atoms. The molecule has 0 spiro atoms. The topological polar surface area (TPSA) is 34.6 Å². The van der Waals surface area contributed by atoms with Crippen molar-refractivity contribution in [2.45, 2.75) is 6.67 Å². The monoisotopic (exact) mass is 634 g/mol. The summed E-state index contributed by atoms with van der Waals surface area (Å²) in [5.74, 6) is 0. The zero-order valence-corrected chi connectivity index (χ0v) is 26.9. The van der Waals surface area contributed by atoms with E-state index in [1.54, 1.807) is 11.3 Å².